The number of hydrogen-bond acceptors (Lipinski definition) is 5. The second kappa shape index (κ2) is 13.4. The number of carbonyl (C=O) groups is 3. The van der Waals surface area contributed by atoms with Crippen LogP contribution in [0.3, 0.4) is 0 Å². The number of halogens is 3. The van der Waals surface area contributed by atoms with Crippen molar-refractivity contribution in [2.45, 2.75) is 50.4 Å². The second-order valence-electron chi connectivity index (χ2n) is 9.52. The molecule has 0 saturated carbocycles. The van der Waals surface area contributed by atoms with E-state index >= 15 is 0 Å². The van der Waals surface area contributed by atoms with Crippen molar-refractivity contribution in [1.82, 2.24) is 10.2 Å². The van der Waals surface area contributed by atoms with Gasteiger partial charge in [-0.25, -0.2) is 0 Å². The fourth-order valence-corrected chi connectivity index (χ4v) is 4.33. The van der Waals surface area contributed by atoms with Crippen molar-refractivity contribution in [2.24, 2.45) is 17.4 Å². The first-order valence-corrected chi connectivity index (χ1v) is 12.6. The van der Waals surface area contributed by atoms with Crippen LogP contribution in [0, 0.1) is 5.92 Å². The zero-order valence-electron chi connectivity index (χ0n) is 21.0. The molecule has 3 rings (SSSR count). The number of amides is 3. The van der Waals surface area contributed by atoms with Crippen molar-refractivity contribution in [3.8, 4) is 0 Å². The maximum absolute atomic E-state index is 13.1. The van der Waals surface area contributed by atoms with E-state index in [-0.39, 0.29) is 24.4 Å². The smallest absolute Gasteiger partial charge is 0.343 e. The molecule has 0 spiro atoms. The van der Waals surface area contributed by atoms with Gasteiger partial charge in [-0.15, -0.1) is 0 Å². The Balaban J connectivity index is 1.65. The minimum absolute atomic E-state index is 0.0517. The van der Waals surface area contributed by atoms with Crippen molar-refractivity contribution in [3.63, 3.8) is 0 Å². The summed E-state index contributed by atoms with van der Waals surface area (Å²) in [5, 5.41) is 5.05. The minimum Gasteiger partial charge on any atom is -0.343 e. The van der Waals surface area contributed by atoms with E-state index in [0.717, 1.165) is 30.5 Å². The average molecular weight is 534 g/mol. The summed E-state index contributed by atoms with van der Waals surface area (Å²) in [7, 11) is 0. The van der Waals surface area contributed by atoms with Gasteiger partial charge in [-0.1, -0.05) is 36.4 Å². The molecule has 0 radical (unpaired) electrons. The summed E-state index contributed by atoms with van der Waals surface area (Å²) in [5.74, 6) is -1.25. The summed E-state index contributed by atoms with van der Waals surface area (Å²) in [6.45, 7) is 1.67. The van der Waals surface area contributed by atoms with Gasteiger partial charge in [0.1, 0.15) is 6.04 Å². The maximum Gasteiger partial charge on any atom is 0.416 e. The SMILES string of the molecule is NCC1CCN(C(=O)C[C@H](N)C(=O)NC(CCc2ccccc2)C(=O)Nc2cccc(C(F)(F)F)c2)CC1. The van der Waals surface area contributed by atoms with E-state index in [4.69, 9.17) is 11.5 Å². The topological polar surface area (TPSA) is 131 Å². The molecule has 1 heterocycles. The number of alkyl halides is 3. The molecule has 11 heteroatoms. The zero-order valence-corrected chi connectivity index (χ0v) is 21.0. The number of nitrogens with two attached hydrogens (primary N) is 2. The average Bonchev–Trinajstić information content (AvgIpc) is 2.91. The molecule has 1 saturated heterocycles. The number of benzene rings is 2. The van der Waals surface area contributed by atoms with Crippen LogP contribution in [0.4, 0.5) is 18.9 Å². The lowest BCUT2D eigenvalue weighted by atomic mass is 9.96. The summed E-state index contributed by atoms with van der Waals surface area (Å²) in [6, 6.07) is 11.2. The van der Waals surface area contributed by atoms with Crippen LogP contribution in [-0.2, 0) is 27.0 Å². The Morgan fingerprint density at radius 1 is 1.00 bits per heavy atom. The van der Waals surface area contributed by atoms with Gasteiger partial charge in [-0.3, -0.25) is 14.4 Å². The first-order chi connectivity index (χ1) is 18.1. The van der Waals surface area contributed by atoms with Crippen LogP contribution in [0.1, 0.15) is 36.8 Å². The number of nitrogens with one attached hydrogen (secondary N) is 2. The molecule has 1 unspecified atom stereocenters. The highest BCUT2D eigenvalue weighted by Gasteiger charge is 2.31. The Morgan fingerprint density at radius 3 is 2.32 bits per heavy atom. The highest BCUT2D eigenvalue weighted by molar-refractivity contribution is 5.98. The quantitative estimate of drug-likeness (QED) is 0.373. The lowest BCUT2D eigenvalue weighted by Gasteiger charge is -2.32. The lowest BCUT2D eigenvalue weighted by molar-refractivity contribution is -0.137. The van der Waals surface area contributed by atoms with Gasteiger partial charge in [-0.05, 0) is 61.9 Å². The van der Waals surface area contributed by atoms with Gasteiger partial charge in [-0.2, -0.15) is 13.2 Å². The molecular formula is C27H34F3N5O3. The van der Waals surface area contributed by atoms with Crippen LogP contribution < -0.4 is 22.1 Å². The normalized spacial score (nSPS) is 16.0. The van der Waals surface area contributed by atoms with E-state index in [1.807, 2.05) is 30.3 Å². The van der Waals surface area contributed by atoms with E-state index in [9.17, 15) is 27.6 Å². The van der Waals surface area contributed by atoms with Gasteiger partial charge in [0.25, 0.3) is 0 Å². The molecule has 206 valence electrons. The van der Waals surface area contributed by atoms with Gasteiger partial charge in [0.05, 0.1) is 18.0 Å². The van der Waals surface area contributed by atoms with Crippen molar-refractivity contribution < 1.29 is 27.6 Å². The molecule has 6 N–H and O–H groups in total. The fourth-order valence-electron chi connectivity index (χ4n) is 4.33. The van der Waals surface area contributed by atoms with Crippen LogP contribution in [0.2, 0.25) is 0 Å². The highest BCUT2D eigenvalue weighted by atomic mass is 19.4. The molecule has 1 aliphatic rings. The molecule has 8 nitrogen and oxygen atoms in total. The van der Waals surface area contributed by atoms with Gasteiger partial charge in [0.15, 0.2) is 0 Å². The Kier molecular flexibility index (Phi) is 10.3. The Bertz CT molecular complexity index is 1090. The number of aryl methyl sites for hydroxylation is 1. The van der Waals surface area contributed by atoms with Crippen LogP contribution in [0.25, 0.3) is 0 Å². The maximum atomic E-state index is 13.1. The largest absolute Gasteiger partial charge is 0.416 e. The first-order valence-electron chi connectivity index (χ1n) is 12.6. The number of likely N-dealkylation sites (tertiary alicyclic amines) is 1. The third-order valence-corrected chi connectivity index (χ3v) is 6.69. The summed E-state index contributed by atoms with van der Waals surface area (Å²) in [4.78, 5) is 40.2. The van der Waals surface area contributed by atoms with Crippen LogP contribution in [0.5, 0.6) is 0 Å². The first kappa shape index (κ1) is 29.1. The number of nitrogens with zero attached hydrogens (tertiary/aromatic N) is 1. The van der Waals surface area contributed by atoms with Crippen molar-refractivity contribution in [3.05, 3.63) is 65.7 Å². The predicted molar refractivity (Wildman–Crippen MR) is 138 cm³/mol. The van der Waals surface area contributed by atoms with E-state index in [1.165, 1.54) is 12.1 Å². The number of anilines is 1. The third-order valence-electron chi connectivity index (χ3n) is 6.69. The zero-order chi connectivity index (χ0) is 27.7. The molecule has 2 aromatic carbocycles. The van der Waals surface area contributed by atoms with Gasteiger partial charge < -0.3 is 27.0 Å². The van der Waals surface area contributed by atoms with Crippen molar-refractivity contribution in [1.29, 1.82) is 0 Å². The molecule has 2 aromatic rings. The Labute approximate surface area is 219 Å². The summed E-state index contributed by atoms with van der Waals surface area (Å²) in [6.07, 6.45) is -2.61. The lowest BCUT2D eigenvalue weighted by Crippen LogP contribution is -2.52. The molecule has 0 aromatic heterocycles. The van der Waals surface area contributed by atoms with Gasteiger partial charge >= 0.3 is 6.18 Å². The second-order valence-corrected chi connectivity index (χ2v) is 9.52. The summed E-state index contributed by atoms with van der Waals surface area (Å²) in [5.41, 5.74) is 11.7. The Hall–Kier alpha value is -3.44. The minimum atomic E-state index is -4.57. The molecule has 0 aliphatic carbocycles. The molecule has 3 amide bonds. The van der Waals surface area contributed by atoms with E-state index < -0.39 is 35.6 Å². The number of piperidine rings is 1. The summed E-state index contributed by atoms with van der Waals surface area (Å²) >= 11 is 0. The van der Waals surface area contributed by atoms with Crippen molar-refractivity contribution in [2.75, 3.05) is 25.0 Å². The number of rotatable bonds is 10. The molecule has 1 aliphatic heterocycles. The monoisotopic (exact) mass is 533 g/mol. The van der Waals surface area contributed by atoms with Crippen LogP contribution >= 0.6 is 0 Å². The van der Waals surface area contributed by atoms with Gasteiger partial charge in [0.2, 0.25) is 17.7 Å². The summed E-state index contributed by atoms with van der Waals surface area (Å²) < 4.78 is 39.3. The molecule has 0 bridgehead atoms. The fraction of sp³-hybridized carbons (Fsp3) is 0.444. The Morgan fingerprint density at radius 2 is 1.68 bits per heavy atom. The number of carbonyl (C=O) groups excluding carboxylic acids is 3. The third kappa shape index (κ3) is 8.56. The predicted octanol–water partition coefficient (Wildman–Crippen LogP) is 2.68. The molecule has 38 heavy (non-hydrogen) atoms. The van der Waals surface area contributed by atoms with E-state index in [0.29, 0.717) is 32.0 Å². The molecule has 2 atom stereocenters. The number of hydrogen-bond donors (Lipinski definition) is 4. The van der Waals surface area contributed by atoms with E-state index in [2.05, 4.69) is 10.6 Å². The highest BCUT2D eigenvalue weighted by Crippen LogP contribution is 2.30. The molecular weight excluding hydrogens is 499 g/mol. The molecule has 1 fully saturated rings. The standard InChI is InChI=1S/C27H34F3N5O3/c28-27(29,30)20-7-4-8-21(15-20)33-26(38)23(10-9-18-5-2-1-3-6-18)34-25(37)22(32)16-24(36)35-13-11-19(17-31)12-14-35/h1-8,15,19,22-23H,9-14,16-17,31-32H2,(H,33,38)(H,34,37)/t22-,23?/m0/s1. The van der Waals surface area contributed by atoms with Gasteiger partial charge in [0, 0.05) is 18.8 Å². The van der Waals surface area contributed by atoms with Crippen LogP contribution in [0.15, 0.2) is 54.6 Å². The van der Waals surface area contributed by atoms with Crippen LogP contribution in [-0.4, -0.2) is 54.3 Å². The van der Waals surface area contributed by atoms with E-state index in [1.54, 1.807) is 4.90 Å². The van der Waals surface area contributed by atoms with Crippen molar-refractivity contribution >= 4 is 23.4 Å².